The largest absolute Gasteiger partial charge is 0.284 e. The third-order valence-electron chi connectivity index (χ3n) is 2.28. The van der Waals surface area contributed by atoms with Crippen LogP contribution in [0.4, 0.5) is 5.69 Å². The monoisotopic (exact) mass is 173 g/mol. The number of hydrogen-bond donors (Lipinski definition) is 0. The number of carbonyl (C=O) groups is 1. The molecule has 1 fully saturated rings. The van der Waals surface area contributed by atoms with Crippen LogP contribution in [0.2, 0.25) is 0 Å². The molecule has 2 nitrogen and oxygen atoms in total. The first-order chi connectivity index (χ1) is 6.20. The summed E-state index contributed by atoms with van der Waals surface area (Å²) in [6, 6.07) is 7.83. The number of nitrogens with zero attached hydrogens (tertiary/aromatic N) is 1. The number of anilines is 1. The van der Waals surface area contributed by atoms with E-state index in [4.69, 9.17) is 0 Å². The molecule has 2 rings (SSSR count). The van der Waals surface area contributed by atoms with Crippen LogP contribution >= 0.6 is 0 Å². The van der Waals surface area contributed by atoms with Crippen molar-refractivity contribution in [1.29, 1.82) is 0 Å². The second-order valence-corrected chi connectivity index (χ2v) is 3.26. The van der Waals surface area contributed by atoms with Gasteiger partial charge < -0.3 is 0 Å². The van der Waals surface area contributed by atoms with Gasteiger partial charge in [0.15, 0.2) is 0 Å². The lowest BCUT2D eigenvalue weighted by Gasteiger charge is -2.34. The summed E-state index contributed by atoms with van der Waals surface area (Å²) in [6.45, 7) is 5.81. The third-order valence-corrected chi connectivity index (χ3v) is 2.28. The van der Waals surface area contributed by atoms with E-state index in [9.17, 15) is 4.79 Å². The zero-order valence-corrected chi connectivity index (χ0v) is 7.58. The Bertz CT molecular complexity index is 367. The molecule has 0 unspecified atom stereocenters. The van der Waals surface area contributed by atoms with E-state index in [1.165, 1.54) is 0 Å². The maximum atomic E-state index is 11.3. The van der Waals surface area contributed by atoms with Gasteiger partial charge in [0.2, 0.25) is 5.91 Å². The van der Waals surface area contributed by atoms with Crippen molar-refractivity contribution in [1.82, 2.24) is 0 Å². The number of amides is 1. The average Bonchev–Trinajstić information content (AvgIpc) is 2.09. The molecule has 0 radical (unpaired) electrons. The second kappa shape index (κ2) is 2.73. The minimum absolute atomic E-state index is 0.138. The fourth-order valence-electron chi connectivity index (χ4n) is 1.54. The van der Waals surface area contributed by atoms with E-state index >= 15 is 0 Å². The molecule has 0 bridgehead atoms. The Labute approximate surface area is 77.5 Å². The summed E-state index contributed by atoms with van der Waals surface area (Å²) in [5.74, 6) is 0.138. The third kappa shape index (κ3) is 1.15. The van der Waals surface area contributed by atoms with Crippen molar-refractivity contribution >= 4 is 11.6 Å². The summed E-state index contributed by atoms with van der Waals surface area (Å²) in [5, 5.41) is 0. The van der Waals surface area contributed by atoms with E-state index in [-0.39, 0.29) is 5.91 Å². The SMILES string of the molecule is C=C1CC(=O)N1c1ccccc1C. The summed E-state index contributed by atoms with van der Waals surface area (Å²) < 4.78 is 0. The van der Waals surface area contributed by atoms with Gasteiger partial charge in [0.25, 0.3) is 0 Å². The molecule has 1 saturated heterocycles. The summed E-state index contributed by atoms with van der Waals surface area (Å²) >= 11 is 0. The van der Waals surface area contributed by atoms with Crippen LogP contribution in [-0.2, 0) is 4.79 Å². The van der Waals surface area contributed by atoms with Crippen molar-refractivity contribution in [2.45, 2.75) is 13.3 Å². The van der Waals surface area contributed by atoms with Crippen LogP contribution in [-0.4, -0.2) is 5.91 Å². The fraction of sp³-hybridized carbons (Fsp3) is 0.182. The first-order valence-electron chi connectivity index (χ1n) is 4.26. The van der Waals surface area contributed by atoms with Crippen molar-refractivity contribution in [3.05, 3.63) is 42.1 Å². The number of rotatable bonds is 1. The zero-order valence-electron chi connectivity index (χ0n) is 7.58. The maximum absolute atomic E-state index is 11.3. The minimum Gasteiger partial charge on any atom is -0.284 e. The Kier molecular flexibility index (Phi) is 1.69. The molecule has 0 spiro atoms. The Morgan fingerprint density at radius 2 is 2.08 bits per heavy atom. The maximum Gasteiger partial charge on any atom is 0.237 e. The van der Waals surface area contributed by atoms with E-state index in [2.05, 4.69) is 6.58 Å². The summed E-state index contributed by atoms with van der Waals surface area (Å²) in [6.07, 6.45) is 0.494. The molecule has 0 aromatic heterocycles. The lowest BCUT2D eigenvalue weighted by Crippen LogP contribution is -2.41. The fourth-order valence-corrected chi connectivity index (χ4v) is 1.54. The van der Waals surface area contributed by atoms with Crippen LogP contribution in [0.1, 0.15) is 12.0 Å². The Morgan fingerprint density at radius 1 is 1.38 bits per heavy atom. The molecule has 1 aliphatic heterocycles. The first-order valence-corrected chi connectivity index (χ1v) is 4.26. The number of aryl methyl sites for hydroxylation is 1. The molecule has 1 aromatic carbocycles. The van der Waals surface area contributed by atoms with E-state index in [0.717, 1.165) is 16.9 Å². The number of β-lactam (4-membered cyclic amide) rings is 1. The van der Waals surface area contributed by atoms with Gasteiger partial charge in [-0.25, -0.2) is 0 Å². The molecule has 0 atom stereocenters. The molecule has 0 aliphatic carbocycles. The van der Waals surface area contributed by atoms with Gasteiger partial charge in [-0.05, 0) is 18.6 Å². The standard InChI is InChI=1S/C11H11NO/c1-8-5-3-4-6-10(8)12-9(2)7-11(12)13/h3-6H,2,7H2,1H3. The van der Waals surface area contributed by atoms with E-state index in [1.807, 2.05) is 31.2 Å². The average molecular weight is 173 g/mol. The highest BCUT2D eigenvalue weighted by Crippen LogP contribution is 2.31. The lowest BCUT2D eigenvalue weighted by molar-refractivity contribution is -0.120. The Balaban J connectivity index is 2.41. The van der Waals surface area contributed by atoms with Gasteiger partial charge in [-0.2, -0.15) is 0 Å². The van der Waals surface area contributed by atoms with Crippen LogP contribution in [0, 0.1) is 6.92 Å². The first kappa shape index (κ1) is 8.05. The number of para-hydroxylation sites is 1. The van der Waals surface area contributed by atoms with Crippen molar-refractivity contribution in [2.75, 3.05) is 4.90 Å². The van der Waals surface area contributed by atoms with Crippen LogP contribution in [0.15, 0.2) is 36.5 Å². The van der Waals surface area contributed by atoms with Crippen molar-refractivity contribution in [3.63, 3.8) is 0 Å². The molecular formula is C11H11NO. The van der Waals surface area contributed by atoms with Gasteiger partial charge in [-0.1, -0.05) is 24.8 Å². The van der Waals surface area contributed by atoms with E-state index in [0.29, 0.717) is 6.42 Å². The van der Waals surface area contributed by atoms with E-state index < -0.39 is 0 Å². The molecule has 2 heteroatoms. The molecule has 66 valence electrons. The van der Waals surface area contributed by atoms with Crippen molar-refractivity contribution in [2.24, 2.45) is 0 Å². The van der Waals surface area contributed by atoms with Gasteiger partial charge >= 0.3 is 0 Å². The quantitative estimate of drug-likeness (QED) is 0.596. The molecular weight excluding hydrogens is 162 g/mol. The van der Waals surface area contributed by atoms with Crippen LogP contribution in [0.25, 0.3) is 0 Å². The van der Waals surface area contributed by atoms with Gasteiger partial charge in [-0.3, -0.25) is 9.69 Å². The van der Waals surface area contributed by atoms with Crippen molar-refractivity contribution in [3.8, 4) is 0 Å². The van der Waals surface area contributed by atoms with Crippen molar-refractivity contribution < 1.29 is 4.79 Å². The molecule has 1 aromatic rings. The van der Waals surface area contributed by atoms with Crippen LogP contribution in [0.3, 0.4) is 0 Å². The molecule has 1 aliphatic rings. The summed E-state index contributed by atoms with van der Waals surface area (Å²) in [7, 11) is 0. The highest BCUT2D eigenvalue weighted by molar-refractivity contribution is 6.05. The molecule has 1 heterocycles. The summed E-state index contributed by atoms with van der Waals surface area (Å²) in [5.41, 5.74) is 2.96. The minimum atomic E-state index is 0.138. The highest BCUT2D eigenvalue weighted by Gasteiger charge is 2.30. The zero-order chi connectivity index (χ0) is 9.42. The molecule has 0 N–H and O–H groups in total. The smallest absolute Gasteiger partial charge is 0.237 e. The van der Waals surface area contributed by atoms with Gasteiger partial charge in [-0.15, -0.1) is 0 Å². The molecule has 0 saturated carbocycles. The second-order valence-electron chi connectivity index (χ2n) is 3.26. The van der Waals surface area contributed by atoms with Crippen LogP contribution in [0.5, 0.6) is 0 Å². The molecule has 13 heavy (non-hydrogen) atoms. The number of hydrogen-bond acceptors (Lipinski definition) is 1. The van der Waals surface area contributed by atoms with Gasteiger partial charge in [0, 0.05) is 5.70 Å². The Morgan fingerprint density at radius 3 is 2.62 bits per heavy atom. The highest BCUT2D eigenvalue weighted by atomic mass is 16.2. The number of carbonyl (C=O) groups excluding carboxylic acids is 1. The van der Waals surface area contributed by atoms with Gasteiger partial charge in [0.05, 0.1) is 12.1 Å². The Hall–Kier alpha value is -1.57. The number of benzene rings is 1. The summed E-state index contributed by atoms with van der Waals surface area (Å²) in [4.78, 5) is 12.9. The lowest BCUT2D eigenvalue weighted by atomic mass is 10.1. The normalized spacial score (nSPS) is 15.9. The van der Waals surface area contributed by atoms with Gasteiger partial charge in [0.1, 0.15) is 0 Å². The molecule has 1 amide bonds. The van der Waals surface area contributed by atoms with E-state index in [1.54, 1.807) is 4.90 Å². The van der Waals surface area contributed by atoms with Crippen LogP contribution < -0.4 is 4.90 Å². The topological polar surface area (TPSA) is 20.3 Å². The predicted molar refractivity (Wildman–Crippen MR) is 52.4 cm³/mol. The predicted octanol–water partition coefficient (Wildman–Crippen LogP) is 2.25.